The Kier molecular flexibility index (Phi) is 5.62. The van der Waals surface area contributed by atoms with Gasteiger partial charge >= 0.3 is 6.09 Å². The molecule has 1 saturated heterocycles. The molecule has 28 heavy (non-hydrogen) atoms. The van der Waals surface area contributed by atoms with E-state index in [1.54, 1.807) is 17.0 Å². The van der Waals surface area contributed by atoms with E-state index in [0.717, 1.165) is 24.8 Å². The van der Waals surface area contributed by atoms with Gasteiger partial charge in [0.15, 0.2) is 0 Å². The van der Waals surface area contributed by atoms with Gasteiger partial charge in [-0.2, -0.15) is 0 Å². The maximum absolute atomic E-state index is 13.0. The lowest BCUT2D eigenvalue weighted by atomic mass is 9.93. The summed E-state index contributed by atoms with van der Waals surface area (Å²) in [6, 6.07) is 14.4. The molecule has 1 aromatic heterocycles. The number of nitrogens with one attached hydrogen (secondary N) is 1. The first-order valence-corrected chi connectivity index (χ1v) is 10.3. The van der Waals surface area contributed by atoms with Crippen molar-refractivity contribution in [1.82, 2.24) is 9.88 Å². The van der Waals surface area contributed by atoms with E-state index in [0.29, 0.717) is 22.9 Å². The van der Waals surface area contributed by atoms with Crippen LogP contribution in [0.1, 0.15) is 24.8 Å². The number of hydrogen-bond acceptors (Lipinski definition) is 4. The lowest BCUT2D eigenvalue weighted by Gasteiger charge is -2.26. The summed E-state index contributed by atoms with van der Waals surface area (Å²) in [7, 11) is 0. The third-order valence-electron chi connectivity index (χ3n) is 5.57. The van der Waals surface area contributed by atoms with Crippen LogP contribution in [0.5, 0.6) is 0 Å². The van der Waals surface area contributed by atoms with Crippen molar-refractivity contribution in [2.24, 2.45) is 11.8 Å². The normalized spacial score (nSPS) is 23.3. The minimum Gasteiger partial charge on any atom is -0.445 e. The number of benzene rings is 1. The SMILES string of the molecule is O=C(Nc1cccc(Br)n1)[C@@H]1[C@@H]2CCC[C@@H]2CN1C(=O)OCc1ccccc1. The highest BCUT2D eigenvalue weighted by molar-refractivity contribution is 9.10. The van der Waals surface area contributed by atoms with Gasteiger partial charge in [-0.1, -0.05) is 42.8 Å². The number of likely N-dealkylation sites (tertiary alicyclic amines) is 1. The number of hydrogen-bond donors (Lipinski definition) is 1. The minimum absolute atomic E-state index is 0.177. The summed E-state index contributed by atoms with van der Waals surface area (Å²) in [6.45, 7) is 0.773. The number of anilines is 1. The van der Waals surface area contributed by atoms with Crippen molar-refractivity contribution < 1.29 is 14.3 Å². The summed E-state index contributed by atoms with van der Waals surface area (Å²) in [5, 5.41) is 2.87. The average molecular weight is 444 g/mol. The molecule has 2 aromatic rings. The van der Waals surface area contributed by atoms with Gasteiger partial charge in [0.1, 0.15) is 23.1 Å². The summed E-state index contributed by atoms with van der Waals surface area (Å²) < 4.78 is 6.16. The van der Waals surface area contributed by atoms with Crippen LogP contribution in [0.3, 0.4) is 0 Å². The van der Waals surface area contributed by atoms with Gasteiger partial charge < -0.3 is 10.1 Å². The number of fused-ring (bicyclic) bond motifs is 1. The van der Waals surface area contributed by atoms with Crippen molar-refractivity contribution in [2.45, 2.75) is 31.9 Å². The number of carbonyl (C=O) groups excluding carboxylic acids is 2. The molecule has 1 saturated carbocycles. The largest absolute Gasteiger partial charge is 0.445 e. The van der Waals surface area contributed by atoms with Crippen molar-refractivity contribution in [3.05, 3.63) is 58.7 Å². The van der Waals surface area contributed by atoms with Gasteiger partial charge in [0.25, 0.3) is 0 Å². The first-order valence-electron chi connectivity index (χ1n) is 9.52. The zero-order valence-electron chi connectivity index (χ0n) is 15.4. The van der Waals surface area contributed by atoms with E-state index in [2.05, 4.69) is 26.2 Å². The fraction of sp³-hybridized carbons (Fsp3) is 0.381. The number of rotatable bonds is 4. The van der Waals surface area contributed by atoms with Crippen molar-refractivity contribution in [3.8, 4) is 0 Å². The van der Waals surface area contributed by atoms with Crippen LogP contribution in [0.25, 0.3) is 0 Å². The highest BCUT2D eigenvalue weighted by Gasteiger charge is 2.50. The van der Waals surface area contributed by atoms with Crippen LogP contribution in [0.2, 0.25) is 0 Å². The Hall–Kier alpha value is -2.41. The Labute approximate surface area is 172 Å². The van der Waals surface area contributed by atoms with Gasteiger partial charge in [-0.3, -0.25) is 9.69 Å². The van der Waals surface area contributed by atoms with Gasteiger partial charge in [0.2, 0.25) is 5.91 Å². The lowest BCUT2D eigenvalue weighted by Crippen LogP contribution is -2.46. The molecule has 0 unspecified atom stereocenters. The summed E-state index contributed by atoms with van der Waals surface area (Å²) >= 11 is 3.31. The molecule has 4 rings (SSSR count). The highest BCUT2D eigenvalue weighted by Crippen LogP contribution is 2.42. The van der Waals surface area contributed by atoms with Crippen molar-refractivity contribution >= 4 is 33.7 Å². The minimum atomic E-state index is -0.517. The summed E-state index contributed by atoms with van der Waals surface area (Å²) in [4.78, 5) is 31.7. The molecule has 2 fully saturated rings. The topological polar surface area (TPSA) is 71.5 Å². The van der Waals surface area contributed by atoms with Crippen molar-refractivity contribution in [3.63, 3.8) is 0 Å². The molecule has 1 N–H and O–H groups in total. The third-order valence-corrected chi connectivity index (χ3v) is 6.01. The maximum Gasteiger partial charge on any atom is 0.410 e. The van der Waals surface area contributed by atoms with E-state index in [-0.39, 0.29) is 18.4 Å². The Bertz CT molecular complexity index is 861. The predicted molar refractivity (Wildman–Crippen MR) is 109 cm³/mol. The van der Waals surface area contributed by atoms with Crippen LogP contribution in [0.4, 0.5) is 10.6 Å². The molecule has 7 heteroatoms. The number of nitrogens with zero attached hydrogens (tertiary/aromatic N) is 2. The standard InChI is InChI=1S/C21H22BrN3O3/c22-17-10-5-11-18(23-17)24-20(26)19-16-9-4-8-15(16)12-25(19)21(27)28-13-14-6-2-1-3-7-14/h1-3,5-7,10-11,15-16,19H,4,8-9,12-13H2,(H,23,24,26)/t15-,16-,19+/m1/s1. The summed E-state index contributed by atoms with van der Waals surface area (Å²) in [6.07, 6.45) is 2.67. The maximum atomic E-state index is 13.0. The molecular formula is C21H22BrN3O3. The molecule has 1 aliphatic heterocycles. The first kappa shape index (κ1) is 18.9. The van der Waals surface area contributed by atoms with Gasteiger partial charge in [0.05, 0.1) is 0 Å². The van der Waals surface area contributed by atoms with Crippen LogP contribution >= 0.6 is 15.9 Å². The zero-order valence-corrected chi connectivity index (χ0v) is 17.0. The van der Waals surface area contributed by atoms with E-state index in [1.165, 1.54) is 0 Å². The van der Waals surface area contributed by atoms with Crippen LogP contribution < -0.4 is 5.32 Å². The first-order chi connectivity index (χ1) is 13.6. The number of halogens is 1. The Morgan fingerprint density at radius 3 is 2.75 bits per heavy atom. The second kappa shape index (κ2) is 8.31. The Morgan fingerprint density at radius 2 is 1.96 bits per heavy atom. The molecule has 2 heterocycles. The van der Waals surface area contributed by atoms with E-state index >= 15 is 0 Å². The van der Waals surface area contributed by atoms with E-state index in [1.807, 2.05) is 36.4 Å². The second-order valence-corrected chi connectivity index (χ2v) is 8.14. The van der Waals surface area contributed by atoms with Crippen LogP contribution in [-0.4, -0.2) is 34.5 Å². The van der Waals surface area contributed by atoms with Crippen molar-refractivity contribution in [2.75, 3.05) is 11.9 Å². The monoisotopic (exact) mass is 443 g/mol. The van der Waals surface area contributed by atoms with Gasteiger partial charge in [-0.25, -0.2) is 9.78 Å². The molecular weight excluding hydrogens is 422 g/mol. The molecule has 0 spiro atoms. The molecule has 3 atom stereocenters. The van der Waals surface area contributed by atoms with Gasteiger partial charge in [0, 0.05) is 6.54 Å². The molecule has 6 nitrogen and oxygen atoms in total. The molecule has 1 aliphatic carbocycles. The predicted octanol–water partition coefficient (Wildman–Crippen LogP) is 4.22. The number of carbonyl (C=O) groups is 2. The van der Waals surface area contributed by atoms with Crippen LogP contribution in [0, 0.1) is 11.8 Å². The molecule has 0 bridgehead atoms. The van der Waals surface area contributed by atoms with Gasteiger partial charge in [-0.15, -0.1) is 0 Å². The summed E-state index contributed by atoms with van der Waals surface area (Å²) in [5.74, 6) is 0.807. The van der Waals surface area contributed by atoms with Crippen molar-refractivity contribution in [1.29, 1.82) is 0 Å². The fourth-order valence-electron chi connectivity index (χ4n) is 4.31. The van der Waals surface area contributed by atoms with E-state index in [9.17, 15) is 9.59 Å². The molecule has 2 amide bonds. The Morgan fingerprint density at radius 1 is 1.14 bits per heavy atom. The number of amides is 2. The molecule has 1 aromatic carbocycles. The quantitative estimate of drug-likeness (QED) is 0.717. The Balaban J connectivity index is 1.47. The molecule has 2 aliphatic rings. The molecule has 0 radical (unpaired) electrons. The number of ether oxygens (including phenoxy) is 1. The average Bonchev–Trinajstić information content (AvgIpc) is 3.28. The highest BCUT2D eigenvalue weighted by atomic mass is 79.9. The lowest BCUT2D eigenvalue weighted by molar-refractivity contribution is -0.121. The number of aromatic nitrogens is 1. The summed E-state index contributed by atoms with van der Waals surface area (Å²) in [5.41, 5.74) is 0.926. The zero-order chi connectivity index (χ0) is 19.5. The smallest absolute Gasteiger partial charge is 0.410 e. The van der Waals surface area contributed by atoms with E-state index in [4.69, 9.17) is 4.74 Å². The van der Waals surface area contributed by atoms with Crippen LogP contribution in [-0.2, 0) is 16.1 Å². The van der Waals surface area contributed by atoms with Crippen LogP contribution in [0.15, 0.2) is 53.1 Å². The third kappa shape index (κ3) is 4.04. The second-order valence-electron chi connectivity index (χ2n) is 7.33. The van der Waals surface area contributed by atoms with E-state index < -0.39 is 12.1 Å². The van der Waals surface area contributed by atoms with Gasteiger partial charge in [-0.05, 0) is 58.3 Å². The molecule has 146 valence electrons. The number of pyridine rings is 1. The fourth-order valence-corrected chi connectivity index (χ4v) is 4.65.